The molecule has 0 saturated carbocycles. The van der Waals surface area contributed by atoms with Gasteiger partial charge in [0.1, 0.15) is 11.6 Å². The van der Waals surface area contributed by atoms with Gasteiger partial charge >= 0.3 is 0 Å². The molecule has 1 heterocycles. The van der Waals surface area contributed by atoms with Crippen LogP contribution in [0.3, 0.4) is 0 Å². The van der Waals surface area contributed by atoms with Gasteiger partial charge in [0.15, 0.2) is 0 Å². The lowest BCUT2D eigenvalue weighted by Gasteiger charge is -2.32. The summed E-state index contributed by atoms with van der Waals surface area (Å²) >= 11 is 0. The summed E-state index contributed by atoms with van der Waals surface area (Å²) in [7, 11) is 1.98. The summed E-state index contributed by atoms with van der Waals surface area (Å²) in [6, 6.07) is 4.30. The van der Waals surface area contributed by atoms with E-state index in [0.29, 0.717) is 12.5 Å². The number of nitrogens with one attached hydrogen (secondary N) is 1. The van der Waals surface area contributed by atoms with Crippen LogP contribution in [0.2, 0.25) is 0 Å². The number of nitrogens with zero attached hydrogens (tertiary/aromatic N) is 1. The average molecular weight is 254 g/mol. The molecule has 100 valence electrons. The molecule has 1 saturated heterocycles. The van der Waals surface area contributed by atoms with Crippen molar-refractivity contribution in [1.29, 1.82) is 0 Å². The van der Waals surface area contributed by atoms with Gasteiger partial charge in [-0.05, 0) is 50.6 Å². The van der Waals surface area contributed by atoms with E-state index in [2.05, 4.69) is 10.2 Å². The summed E-state index contributed by atoms with van der Waals surface area (Å²) < 4.78 is 26.1. The second-order valence-corrected chi connectivity index (χ2v) is 4.96. The molecular formula is C14H20F2N2. The van der Waals surface area contributed by atoms with Crippen molar-refractivity contribution in [2.45, 2.75) is 25.3 Å². The molecule has 1 atom stereocenters. The molecule has 0 amide bonds. The van der Waals surface area contributed by atoms with Crippen molar-refractivity contribution in [3.63, 3.8) is 0 Å². The van der Waals surface area contributed by atoms with Gasteiger partial charge in [-0.15, -0.1) is 0 Å². The van der Waals surface area contributed by atoms with E-state index in [1.54, 1.807) is 0 Å². The zero-order chi connectivity index (χ0) is 13.0. The van der Waals surface area contributed by atoms with Crippen LogP contribution in [0.4, 0.5) is 8.78 Å². The van der Waals surface area contributed by atoms with E-state index in [4.69, 9.17) is 0 Å². The Morgan fingerprint density at radius 2 is 2.00 bits per heavy atom. The van der Waals surface area contributed by atoms with Gasteiger partial charge in [-0.25, -0.2) is 8.78 Å². The SMILES string of the molecule is CNC1CCCN(CCc2cc(F)cc(F)c2)C1. The Balaban J connectivity index is 1.87. The van der Waals surface area contributed by atoms with Crippen LogP contribution >= 0.6 is 0 Å². The fourth-order valence-electron chi connectivity index (χ4n) is 2.54. The highest BCUT2D eigenvalue weighted by atomic mass is 19.1. The highest BCUT2D eigenvalue weighted by Gasteiger charge is 2.17. The molecule has 0 bridgehead atoms. The second kappa shape index (κ2) is 6.25. The third-order valence-corrected chi connectivity index (χ3v) is 3.55. The molecule has 2 rings (SSSR count). The van der Waals surface area contributed by atoms with Gasteiger partial charge < -0.3 is 10.2 Å². The first-order valence-electron chi connectivity index (χ1n) is 6.52. The Hall–Kier alpha value is -1.00. The van der Waals surface area contributed by atoms with Gasteiger partial charge in [-0.2, -0.15) is 0 Å². The third-order valence-electron chi connectivity index (χ3n) is 3.55. The molecule has 1 aromatic carbocycles. The Labute approximate surface area is 107 Å². The molecule has 4 heteroatoms. The van der Waals surface area contributed by atoms with Crippen LogP contribution < -0.4 is 5.32 Å². The van der Waals surface area contributed by atoms with E-state index in [-0.39, 0.29) is 0 Å². The summed E-state index contributed by atoms with van der Waals surface area (Å²) in [6.07, 6.45) is 3.09. The first-order chi connectivity index (χ1) is 8.67. The van der Waals surface area contributed by atoms with Gasteiger partial charge in [0.05, 0.1) is 0 Å². The van der Waals surface area contributed by atoms with E-state index in [1.165, 1.54) is 25.0 Å². The molecule has 1 aliphatic heterocycles. The number of benzene rings is 1. The molecule has 0 radical (unpaired) electrons. The van der Waals surface area contributed by atoms with Crippen molar-refractivity contribution in [2.75, 3.05) is 26.7 Å². The van der Waals surface area contributed by atoms with Gasteiger partial charge in [0.25, 0.3) is 0 Å². The molecule has 1 aliphatic rings. The van der Waals surface area contributed by atoms with E-state index in [1.807, 2.05) is 7.05 Å². The Bertz CT molecular complexity index is 375. The lowest BCUT2D eigenvalue weighted by Crippen LogP contribution is -2.44. The van der Waals surface area contributed by atoms with Crippen LogP contribution in [0.15, 0.2) is 18.2 Å². The first-order valence-corrected chi connectivity index (χ1v) is 6.52. The highest BCUT2D eigenvalue weighted by molar-refractivity contribution is 5.18. The number of likely N-dealkylation sites (tertiary alicyclic amines) is 1. The van der Waals surface area contributed by atoms with Crippen molar-refractivity contribution in [1.82, 2.24) is 10.2 Å². The van der Waals surface area contributed by atoms with Crippen LogP contribution in [0.5, 0.6) is 0 Å². The van der Waals surface area contributed by atoms with Crippen LogP contribution in [0, 0.1) is 11.6 Å². The molecule has 1 N–H and O–H groups in total. The highest BCUT2D eigenvalue weighted by Crippen LogP contribution is 2.12. The summed E-state index contributed by atoms with van der Waals surface area (Å²) in [5.74, 6) is -0.978. The monoisotopic (exact) mass is 254 g/mol. The predicted octanol–water partition coefficient (Wildman–Crippen LogP) is 2.19. The van der Waals surface area contributed by atoms with Crippen molar-refractivity contribution in [3.8, 4) is 0 Å². The zero-order valence-electron chi connectivity index (χ0n) is 10.8. The number of rotatable bonds is 4. The number of hydrogen-bond acceptors (Lipinski definition) is 2. The Morgan fingerprint density at radius 3 is 2.67 bits per heavy atom. The van der Waals surface area contributed by atoms with Gasteiger partial charge in [-0.3, -0.25) is 0 Å². The molecule has 1 fully saturated rings. The Morgan fingerprint density at radius 1 is 1.28 bits per heavy atom. The summed E-state index contributed by atoms with van der Waals surface area (Å²) in [4.78, 5) is 2.35. The second-order valence-electron chi connectivity index (χ2n) is 4.96. The number of likely N-dealkylation sites (N-methyl/N-ethyl adjacent to an activating group) is 1. The van der Waals surface area contributed by atoms with E-state index in [0.717, 1.165) is 31.3 Å². The van der Waals surface area contributed by atoms with Crippen molar-refractivity contribution < 1.29 is 8.78 Å². The van der Waals surface area contributed by atoms with Crippen LogP contribution in [-0.2, 0) is 6.42 Å². The third kappa shape index (κ3) is 3.75. The molecule has 0 aliphatic carbocycles. The minimum absolute atomic E-state index is 0.489. The van der Waals surface area contributed by atoms with Crippen molar-refractivity contribution in [3.05, 3.63) is 35.4 Å². The fraction of sp³-hybridized carbons (Fsp3) is 0.571. The molecule has 18 heavy (non-hydrogen) atoms. The number of halogens is 2. The lowest BCUT2D eigenvalue weighted by atomic mass is 10.0. The average Bonchev–Trinajstić information content (AvgIpc) is 2.35. The summed E-state index contributed by atoms with van der Waals surface area (Å²) in [6.45, 7) is 2.96. The van der Waals surface area contributed by atoms with E-state index >= 15 is 0 Å². The van der Waals surface area contributed by atoms with Crippen LogP contribution in [-0.4, -0.2) is 37.6 Å². The van der Waals surface area contributed by atoms with Crippen LogP contribution in [0.1, 0.15) is 18.4 Å². The largest absolute Gasteiger partial charge is 0.316 e. The molecular weight excluding hydrogens is 234 g/mol. The van der Waals surface area contributed by atoms with Gasteiger partial charge in [0, 0.05) is 25.2 Å². The first kappa shape index (κ1) is 13.4. The smallest absolute Gasteiger partial charge is 0.126 e. The van der Waals surface area contributed by atoms with E-state index in [9.17, 15) is 8.78 Å². The maximum Gasteiger partial charge on any atom is 0.126 e. The maximum absolute atomic E-state index is 13.0. The van der Waals surface area contributed by atoms with Gasteiger partial charge in [0.2, 0.25) is 0 Å². The predicted molar refractivity (Wildman–Crippen MR) is 68.6 cm³/mol. The van der Waals surface area contributed by atoms with Crippen molar-refractivity contribution >= 4 is 0 Å². The Kier molecular flexibility index (Phi) is 4.66. The van der Waals surface area contributed by atoms with E-state index < -0.39 is 11.6 Å². The fourth-order valence-corrected chi connectivity index (χ4v) is 2.54. The normalized spacial score (nSPS) is 21.2. The topological polar surface area (TPSA) is 15.3 Å². The summed E-state index contributed by atoms with van der Waals surface area (Å²) in [5.41, 5.74) is 0.735. The minimum Gasteiger partial charge on any atom is -0.316 e. The van der Waals surface area contributed by atoms with Crippen LogP contribution in [0.25, 0.3) is 0 Å². The molecule has 0 spiro atoms. The van der Waals surface area contributed by atoms with Crippen molar-refractivity contribution in [2.24, 2.45) is 0 Å². The maximum atomic E-state index is 13.0. The summed E-state index contributed by atoms with van der Waals surface area (Å²) in [5, 5.41) is 3.29. The lowest BCUT2D eigenvalue weighted by molar-refractivity contribution is 0.197. The quantitative estimate of drug-likeness (QED) is 0.886. The molecule has 2 nitrogen and oxygen atoms in total. The number of hydrogen-bond donors (Lipinski definition) is 1. The molecule has 1 unspecified atom stereocenters. The number of piperidine rings is 1. The van der Waals surface area contributed by atoms with Gasteiger partial charge in [-0.1, -0.05) is 0 Å². The minimum atomic E-state index is -0.489. The zero-order valence-corrected chi connectivity index (χ0v) is 10.8. The molecule has 0 aromatic heterocycles. The molecule has 1 aromatic rings. The standard InChI is InChI=1S/C14H20F2N2/c1-17-14-3-2-5-18(10-14)6-4-11-7-12(15)9-13(16)8-11/h7-9,14,17H,2-6,10H2,1H3.